The summed E-state index contributed by atoms with van der Waals surface area (Å²) in [5.41, 5.74) is 0.995. The van der Waals surface area contributed by atoms with Crippen molar-refractivity contribution in [3.63, 3.8) is 0 Å². The van der Waals surface area contributed by atoms with E-state index in [1.807, 2.05) is 24.3 Å². The van der Waals surface area contributed by atoms with Crippen molar-refractivity contribution >= 4 is 5.91 Å². The van der Waals surface area contributed by atoms with E-state index in [9.17, 15) is 4.79 Å². The number of rotatable bonds is 6. The van der Waals surface area contributed by atoms with Crippen LogP contribution in [-0.4, -0.2) is 25.6 Å². The number of hydrogen-bond acceptors (Lipinski definition) is 3. The van der Waals surface area contributed by atoms with Crippen molar-refractivity contribution in [3.05, 3.63) is 29.8 Å². The molecule has 0 radical (unpaired) electrons. The standard InChI is InChI=1S/C13H18N2O2/c1-17-12-5-3-2-4-10(12)8-15-13(16)9-14-11-6-7-11/h2-5,11,14H,6-9H2,1H3,(H,15,16). The summed E-state index contributed by atoms with van der Waals surface area (Å²) in [7, 11) is 1.63. The molecule has 0 aliphatic heterocycles. The summed E-state index contributed by atoms with van der Waals surface area (Å²) >= 11 is 0. The average molecular weight is 234 g/mol. The summed E-state index contributed by atoms with van der Waals surface area (Å²) in [6, 6.07) is 8.26. The van der Waals surface area contributed by atoms with Gasteiger partial charge in [0.15, 0.2) is 0 Å². The Hall–Kier alpha value is -1.55. The molecule has 4 heteroatoms. The Morgan fingerprint density at radius 2 is 2.18 bits per heavy atom. The number of ether oxygens (including phenoxy) is 1. The molecule has 1 aromatic rings. The molecule has 1 saturated carbocycles. The van der Waals surface area contributed by atoms with Gasteiger partial charge in [-0.25, -0.2) is 0 Å². The molecule has 0 heterocycles. The Bertz CT molecular complexity index is 389. The minimum atomic E-state index is 0.0304. The molecular formula is C13H18N2O2. The van der Waals surface area contributed by atoms with Gasteiger partial charge in [-0.2, -0.15) is 0 Å². The van der Waals surface area contributed by atoms with Gasteiger partial charge in [0.2, 0.25) is 5.91 Å². The van der Waals surface area contributed by atoms with E-state index in [0.29, 0.717) is 19.1 Å². The minimum absolute atomic E-state index is 0.0304. The first-order valence-corrected chi connectivity index (χ1v) is 5.91. The molecule has 1 fully saturated rings. The largest absolute Gasteiger partial charge is 0.496 e. The van der Waals surface area contributed by atoms with Gasteiger partial charge in [0.05, 0.1) is 13.7 Å². The van der Waals surface area contributed by atoms with Crippen LogP contribution in [0, 0.1) is 0 Å². The van der Waals surface area contributed by atoms with Crippen molar-refractivity contribution in [2.24, 2.45) is 0 Å². The molecule has 0 aromatic heterocycles. The molecule has 92 valence electrons. The number of carbonyl (C=O) groups excluding carboxylic acids is 1. The molecule has 0 unspecified atom stereocenters. The fraction of sp³-hybridized carbons (Fsp3) is 0.462. The second-order valence-corrected chi connectivity index (χ2v) is 4.24. The van der Waals surface area contributed by atoms with Crippen molar-refractivity contribution in [3.8, 4) is 5.75 Å². The zero-order valence-electron chi connectivity index (χ0n) is 10.0. The minimum Gasteiger partial charge on any atom is -0.496 e. The van der Waals surface area contributed by atoms with Gasteiger partial charge < -0.3 is 15.4 Å². The number of benzene rings is 1. The van der Waals surface area contributed by atoms with E-state index in [-0.39, 0.29) is 5.91 Å². The second-order valence-electron chi connectivity index (χ2n) is 4.24. The Kier molecular flexibility index (Phi) is 3.98. The van der Waals surface area contributed by atoms with Crippen LogP contribution in [0.2, 0.25) is 0 Å². The predicted molar refractivity (Wildman–Crippen MR) is 65.9 cm³/mol. The number of hydrogen-bond donors (Lipinski definition) is 2. The first-order valence-electron chi connectivity index (χ1n) is 5.91. The lowest BCUT2D eigenvalue weighted by Gasteiger charge is -2.09. The van der Waals surface area contributed by atoms with Crippen LogP contribution in [-0.2, 0) is 11.3 Å². The number of amides is 1. The van der Waals surface area contributed by atoms with Gasteiger partial charge in [0.1, 0.15) is 5.75 Å². The van der Waals surface area contributed by atoms with Crippen LogP contribution in [0.25, 0.3) is 0 Å². The van der Waals surface area contributed by atoms with E-state index in [1.54, 1.807) is 7.11 Å². The Morgan fingerprint density at radius 3 is 2.88 bits per heavy atom. The molecule has 0 bridgehead atoms. The number of methoxy groups -OCH3 is 1. The van der Waals surface area contributed by atoms with Gasteiger partial charge in [-0.3, -0.25) is 4.79 Å². The zero-order chi connectivity index (χ0) is 12.1. The smallest absolute Gasteiger partial charge is 0.234 e. The zero-order valence-corrected chi connectivity index (χ0v) is 10.0. The number of carbonyl (C=O) groups is 1. The normalized spacial score (nSPS) is 14.4. The molecule has 2 N–H and O–H groups in total. The molecular weight excluding hydrogens is 216 g/mol. The molecule has 1 amide bonds. The SMILES string of the molecule is COc1ccccc1CNC(=O)CNC1CC1. The quantitative estimate of drug-likeness (QED) is 0.774. The maximum absolute atomic E-state index is 11.5. The highest BCUT2D eigenvalue weighted by atomic mass is 16.5. The van der Waals surface area contributed by atoms with Gasteiger partial charge in [0, 0.05) is 18.2 Å². The second kappa shape index (κ2) is 5.68. The van der Waals surface area contributed by atoms with Crippen molar-refractivity contribution < 1.29 is 9.53 Å². The summed E-state index contributed by atoms with van der Waals surface area (Å²) in [6.07, 6.45) is 2.39. The number of nitrogens with one attached hydrogen (secondary N) is 2. The van der Waals surface area contributed by atoms with Crippen LogP contribution < -0.4 is 15.4 Å². The monoisotopic (exact) mass is 234 g/mol. The van der Waals surface area contributed by atoms with Gasteiger partial charge in [-0.15, -0.1) is 0 Å². The van der Waals surface area contributed by atoms with E-state index in [0.717, 1.165) is 11.3 Å². The van der Waals surface area contributed by atoms with Gasteiger partial charge in [-0.05, 0) is 18.9 Å². The lowest BCUT2D eigenvalue weighted by Crippen LogP contribution is -2.34. The highest BCUT2D eigenvalue weighted by Gasteiger charge is 2.20. The van der Waals surface area contributed by atoms with Crippen LogP contribution in [0.1, 0.15) is 18.4 Å². The third-order valence-electron chi connectivity index (χ3n) is 2.80. The summed E-state index contributed by atoms with van der Waals surface area (Å²) in [6.45, 7) is 0.912. The maximum atomic E-state index is 11.5. The fourth-order valence-electron chi connectivity index (χ4n) is 1.63. The van der Waals surface area contributed by atoms with E-state index < -0.39 is 0 Å². The van der Waals surface area contributed by atoms with Crippen molar-refractivity contribution in [2.75, 3.05) is 13.7 Å². The topological polar surface area (TPSA) is 50.4 Å². The highest BCUT2D eigenvalue weighted by molar-refractivity contribution is 5.78. The Labute approximate surface area is 101 Å². The van der Waals surface area contributed by atoms with Crippen molar-refractivity contribution in [1.29, 1.82) is 0 Å². The summed E-state index contributed by atoms with van der Waals surface area (Å²) < 4.78 is 5.22. The van der Waals surface area contributed by atoms with E-state index in [1.165, 1.54) is 12.8 Å². The summed E-state index contributed by atoms with van der Waals surface area (Å²) in [4.78, 5) is 11.5. The summed E-state index contributed by atoms with van der Waals surface area (Å²) in [5.74, 6) is 0.839. The molecule has 17 heavy (non-hydrogen) atoms. The lowest BCUT2D eigenvalue weighted by molar-refractivity contribution is -0.120. The molecule has 0 saturated heterocycles. The van der Waals surface area contributed by atoms with Crippen LogP contribution in [0.4, 0.5) is 0 Å². The fourth-order valence-corrected chi connectivity index (χ4v) is 1.63. The summed E-state index contributed by atoms with van der Waals surface area (Å²) in [5, 5.41) is 6.05. The van der Waals surface area contributed by atoms with Crippen LogP contribution in [0.15, 0.2) is 24.3 Å². The van der Waals surface area contributed by atoms with Gasteiger partial charge >= 0.3 is 0 Å². The molecule has 1 aromatic carbocycles. The number of para-hydroxylation sites is 1. The van der Waals surface area contributed by atoms with Crippen LogP contribution in [0.3, 0.4) is 0 Å². The lowest BCUT2D eigenvalue weighted by atomic mass is 10.2. The first-order chi connectivity index (χ1) is 8.29. The molecule has 1 aliphatic rings. The molecule has 2 rings (SSSR count). The highest BCUT2D eigenvalue weighted by Crippen LogP contribution is 2.18. The maximum Gasteiger partial charge on any atom is 0.234 e. The third kappa shape index (κ3) is 3.75. The van der Waals surface area contributed by atoms with E-state index in [2.05, 4.69) is 10.6 Å². The van der Waals surface area contributed by atoms with Crippen molar-refractivity contribution in [1.82, 2.24) is 10.6 Å². The predicted octanol–water partition coefficient (Wildman–Crippen LogP) is 1.06. The van der Waals surface area contributed by atoms with Crippen molar-refractivity contribution in [2.45, 2.75) is 25.4 Å². The van der Waals surface area contributed by atoms with Crippen LogP contribution >= 0.6 is 0 Å². The van der Waals surface area contributed by atoms with E-state index >= 15 is 0 Å². The molecule has 1 aliphatic carbocycles. The van der Waals surface area contributed by atoms with Gasteiger partial charge in [-0.1, -0.05) is 18.2 Å². The molecule has 0 spiro atoms. The molecule has 0 atom stereocenters. The Balaban J connectivity index is 1.77. The van der Waals surface area contributed by atoms with Crippen LogP contribution in [0.5, 0.6) is 5.75 Å². The average Bonchev–Trinajstić information content (AvgIpc) is 3.18. The van der Waals surface area contributed by atoms with E-state index in [4.69, 9.17) is 4.74 Å². The first kappa shape index (κ1) is 11.9. The Morgan fingerprint density at radius 1 is 1.41 bits per heavy atom. The molecule has 4 nitrogen and oxygen atoms in total. The van der Waals surface area contributed by atoms with Gasteiger partial charge in [0.25, 0.3) is 0 Å². The third-order valence-corrected chi connectivity index (χ3v) is 2.80.